The van der Waals surface area contributed by atoms with Crippen LogP contribution in [-0.2, 0) is 4.74 Å². The highest BCUT2D eigenvalue weighted by atomic mass is 127. The van der Waals surface area contributed by atoms with Crippen LogP contribution >= 0.6 is 24.0 Å². The predicted octanol–water partition coefficient (Wildman–Crippen LogP) is 2.87. The summed E-state index contributed by atoms with van der Waals surface area (Å²) in [5.41, 5.74) is -0.239. The Hall–Kier alpha value is -0.800. The van der Waals surface area contributed by atoms with Crippen LogP contribution in [0, 0.1) is 0 Å². The van der Waals surface area contributed by atoms with Gasteiger partial charge in [0, 0.05) is 27.2 Å². The SMILES string of the molecule is CCN(CC)C(CNC(=NC)NCC(C)(C)OC)c1ccco1.I. The molecular weight excluding hydrogens is 419 g/mol. The number of guanidine groups is 1. The van der Waals surface area contributed by atoms with Crippen molar-refractivity contribution in [2.75, 3.05) is 40.3 Å². The van der Waals surface area contributed by atoms with Gasteiger partial charge >= 0.3 is 0 Å². The third-order valence-corrected chi connectivity index (χ3v) is 4.05. The summed E-state index contributed by atoms with van der Waals surface area (Å²) in [6.07, 6.45) is 1.72. The Labute approximate surface area is 163 Å². The van der Waals surface area contributed by atoms with E-state index in [9.17, 15) is 0 Å². The van der Waals surface area contributed by atoms with Gasteiger partial charge < -0.3 is 19.8 Å². The second kappa shape index (κ2) is 11.7. The number of nitrogens with zero attached hydrogens (tertiary/aromatic N) is 2. The molecule has 0 aromatic carbocycles. The van der Waals surface area contributed by atoms with Crippen molar-refractivity contribution in [2.45, 2.75) is 39.3 Å². The van der Waals surface area contributed by atoms with Crippen LogP contribution in [0.5, 0.6) is 0 Å². The number of furan rings is 1. The topological polar surface area (TPSA) is 62.0 Å². The van der Waals surface area contributed by atoms with Gasteiger partial charge in [0.1, 0.15) is 5.76 Å². The van der Waals surface area contributed by atoms with Gasteiger partial charge in [0.25, 0.3) is 0 Å². The summed E-state index contributed by atoms with van der Waals surface area (Å²) in [5.74, 6) is 1.73. The van der Waals surface area contributed by atoms with E-state index in [1.54, 1.807) is 20.4 Å². The van der Waals surface area contributed by atoms with Crippen molar-refractivity contribution in [3.05, 3.63) is 24.2 Å². The molecule has 0 saturated heterocycles. The summed E-state index contributed by atoms with van der Waals surface area (Å²) in [7, 11) is 3.49. The number of likely N-dealkylation sites (N-methyl/N-ethyl adjacent to an activating group) is 1. The molecule has 1 unspecified atom stereocenters. The number of hydrogen-bond donors (Lipinski definition) is 2. The van der Waals surface area contributed by atoms with Gasteiger partial charge in [-0.2, -0.15) is 0 Å². The van der Waals surface area contributed by atoms with Crippen molar-refractivity contribution >= 4 is 29.9 Å². The van der Waals surface area contributed by atoms with Crippen LogP contribution in [0.25, 0.3) is 0 Å². The average molecular weight is 452 g/mol. The summed E-state index contributed by atoms with van der Waals surface area (Å²) >= 11 is 0. The number of aliphatic imine (C=N–C) groups is 1. The zero-order valence-corrected chi connectivity index (χ0v) is 18.1. The van der Waals surface area contributed by atoms with E-state index in [2.05, 4.69) is 34.4 Å². The molecule has 0 saturated carbocycles. The van der Waals surface area contributed by atoms with E-state index in [1.165, 1.54) is 0 Å². The lowest BCUT2D eigenvalue weighted by Crippen LogP contribution is -2.47. The van der Waals surface area contributed by atoms with E-state index in [-0.39, 0.29) is 35.6 Å². The number of ether oxygens (including phenoxy) is 1. The number of nitrogens with one attached hydrogen (secondary N) is 2. The molecular formula is C17H33IN4O2. The molecule has 1 aromatic rings. The molecule has 6 nitrogen and oxygen atoms in total. The van der Waals surface area contributed by atoms with Crippen LogP contribution in [0.1, 0.15) is 39.5 Å². The molecule has 0 aliphatic heterocycles. The van der Waals surface area contributed by atoms with E-state index in [0.29, 0.717) is 6.54 Å². The zero-order chi connectivity index (χ0) is 17.3. The number of rotatable bonds is 9. The van der Waals surface area contributed by atoms with Gasteiger partial charge in [-0.05, 0) is 39.1 Å². The Balaban J connectivity index is 0.00000529. The maximum atomic E-state index is 5.62. The molecule has 1 rings (SSSR count). The molecule has 0 fully saturated rings. The van der Waals surface area contributed by atoms with Gasteiger partial charge in [0.05, 0.1) is 17.9 Å². The van der Waals surface area contributed by atoms with E-state index in [0.717, 1.165) is 31.4 Å². The molecule has 0 spiro atoms. The predicted molar refractivity (Wildman–Crippen MR) is 110 cm³/mol. The second-order valence-corrected chi connectivity index (χ2v) is 6.02. The Bertz CT molecular complexity index is 459. The van der Waals surface area contributed by atoms with Crippen molar-refractivity contribution in [1.29, 1.82) is 0 Å². The molecule has 1 heterocycles. The lowest BCUT2D eigenvalue weighted by molar-refractivity contribution is 0.0268. The van der Waals surface area contributed by atoms with Crippen molar-refractivity contribution < 1.29 is 9.15 Å². The number of halogens is 1. The Kier molecular flexibility index (Phi) is 11.3. The Morgan fingerprint density at radius 1 is 1.33 bits per heavy atom. The van der Waals surface area contributed by atoms with E-state index in [4.69, 9.17) is 9.15 Å². The molecule has 0 aliphatic carbocycles. The van der Waals surface area contributed by atoms with Crippen LogP contribution in [0.4, 0.5) is 0 Å². The smallest absolute Gasteiger partial charge is 0.191 e. The van der Waals surface area contributed by atoms with Crippen molar-refractivity contribution in [3.8, 4) is 0 Å². The van der Waals surface area contributed by atoms with Crippen LogP contribution in [0.3, 0.4) is 0 Å². The minimum atomic E-state index is -0.239. The second-order valence-electron chi connectivity index (χ2n) is 6.02. The summed E-state index contributed by atoms with van der Waals surface area (Å²) < 4.78 is 11.0. The van der Waals surface area contributed by atoms with Crippen molar-refractivity contribution in [2.24, 2.45) is 4.99 Å². The monoisotopic (exact) mass is 452 g/mol. The van der Waals surface area contributed by atoms with Crippen LogP contribution < -0.4 is 10.6 Å². The van der Waals surface area contributed by atoms with Gasteiger partial charge in [0.2, 0.25) is 0 Å². The normalized spacial score (nSPS) is 13.5. The van der Waals surface area contributed by atoms with Gasteiger partial charge in [-0.1, -0.05) is 13.8 Å². The fraction of sp³-hybridized carbons (Fsp3) is 0.706. The fourth-order valence-electron chi connectivity index (χ4n) is 2.34. The van der Waals surface area contributed by atoms with Crippen molar-refractivity contribution in [3.63, 3.8) is 0 Å². The highest BCUT2D eigenvalue weighted by molar-refractivity contribution is 14.0. The summed E-state index contributed by atoms with van der Waals surface area (Å²) in [5, 5.41) is 6.69. The maximum absolute atomic E-state index is 5.62. The number of hydrogen-bond acceptors (Lipinski definition) is 4. The lowest BCUT2D eigenvalue weighted by atomic mass is 10.1. The molecule has 0 amide bonds. The molecule has 24 heavy (non-hydrogen) atoms. The third kappa shape index (κ3) is 7.40. The lowest BCUT2D eigenvalue weighted by Gasteiger charge is -2.29. The first-order chi connectivity index (χ1) is 11.0. The van der Waals surface area contributed by atoms with Crippen LogP contribution in [0.2, 0.25) is 0 Å². The van der Waals surface area contributed by atoms with Crippen LogP contribution in [-0.4, -0.2) is 56.8 Å². The summed E-state index contributed by atoms with van der Waals surface area (Å²) in [4.78, 5) is 6.64. The third-order valence-electron chi connectivity index (χ3n) is 4.05. The van der Waals surface area contributed by atoms with Gasteiger partial charge in [-0.25, -0.2) is 0 Å². The molecule has 7 heteroatoms. The first-order valence-corrected chi connectivity index (χ1v) is 8.24. The molecule has 0 radical (unpaired) electrons. The quantitative estimate of drug-likeness (QED) is 0.343. The fourth-order valence-corrected chi connectivity index (χ4v) is 2.34. The largest absolute Gasteiger partial charge is 0.468 e. The Morgan fingerprint density at radius 3 is 2.46 bits per heavy atom. The standard InChI is InChI=1S/C17H32N4O2.HI/c1-7-21(8-2)14(15-10-9-11-23-15)12-19-16(18-5)20-13-17(3,4)22-6;/h9-11,14H,7-8,12-13H2,1-6H3,(H2,18,19,20);1H. The maximum Gasteiger partial charge on any atom is 0.191 e. The van der Waals surface area contributed by atoms with Crippen LogP contribution in [0.15, 0.2) is 27.8 Å². The molecule has 2 N–H and O–H groups in total. The number of methoxy groups -OCH3 is 1. The summed E-state index contributed by atoms with van der Waals surface area (Å²) in [6.45, 7) is 11.7. The Morgan fingerprint density at radius 2 is 2.00 bits per heavy atom. The highest BCUT2D eigenvalue weighted by Crippen LogP contribution is 2.20. The zero-order valence-electron chi connectivity index (χ0n) is 15.8. The minimum absolute atomic E-state index is 0. The van der Waals surface area contributed by atoms with Gasteiger partial charge in [-0.3, -0.25) is 9.89 Å². The summed E-state index contributed by atoms with van der Waals surface area (Å²) in [6, 6.07) is 4.13. The van der Waals surface area contributed by atoms with E-state index in [1.807, 2.05) is 26.0 Å². The molecule has 1 aromatic heterocycles. The van der Waals surface area contributed by atoms with Gasteiger partial charge in [-0.15, -0.1) is 24.0 Å². The van der Waals surface area contributed by atoms with E-state index >= 15 is 0 Å². The molecule has 1 atom stereocenters. The molecule has 0 bridgehead atoms. The van der Waals surface area contributed by atoms with Crippen molar-refractivity contribution in [1.82, 2.24) is 15.5 Å². The van der Waals surface area contributed by atoms with E-state index < -0.39 is 0 Å². The average Bonchev–Trinajstić information content (AvgIpc) is 3.08. The molecule has 140 valence electrons. The highest BCUT2D eigenvalue weighted by Gasteiger charge is 2.21. The first-order valence-electron chi connectivity index (χ1n) is 8.24. The minimum Gasteiger partial charge on any atom is -0.468 e. The first kappa shape index (κ1) is 23.2. The van der Waals surface area contributed by atoms with Gasteiger partial charge in [0.15, 0.2) is 5.96 Å². The molecule has 0 aliphatic rings.